The highest BCUT2D eigenvalue weighted by Gasteiger charge is 2.15. The summed E-state index contributed by atoms with van der Waals surface area (Å²) in [5.74, 6) is 1.42. The minimum absolute atomic E-state index is 0.600. The van der Waals surface area contributed by atoms with Crippen LogP contribution in [-0.2, 0) is 6.42 Å². The molecule has 1 aliphatic heterocycles. The molecule has 1 aliphatic rings. The van der Waals surface area contributed by atoms with Gasteiger partial charge in [-0.25, -0.2) is 0 Å². The zero-order chi connectivity index (χ0) is 14.7. The Morgan fingerprint density at radius 2 is 2.29 bits per heavy atom. The average molecular weight is 350 g/mol. The molecule has 5 heteroatoms. The van der Waals surface area contributed by atoms with E-state index >= 15 is 0 Å². The predicted molar refractivity (Wildman–Crippen MR) is 86.1 cm³/mol. The van der Waals surface area contributed by atoms with Crippen molar-refractivity contribution in [1.82, 2.24) is 15.5 Å². The first-order valence-electron chi connectivity index (χ1n) is 7.55. The Bertz CT molecular complexity index is 605. The topological polar surface area (TPSA) is 51.0 Å². The first-order chi connectivity index (χ1) is 10.2. The van der Waals surface area contributed by atoms with Crippen molar-refractivity contribution in [3.8, 4) is 11.4 Å². The van der Waals surface area contributed by atoms with Crippen molar-refractivity contribution < 1.29 is 4.52 Å². The van der Waals surface area contributed by atoms with Crippen molar-refractivity contribution in [3.63, 3.8) is 0 Å². The number of halogens is 1. The van der Waals surface area contributed by atoms with E-state index in [4.69, 9.17) is 4.52 Å². The smallest absolute Gasteiger partial charge is 0.227 e. The Morgan fingerprint density at radius 1 is 1.38 bits per heavy atom. The summed E-state index contributed by atoms with van der Waals surface area (Å²) >= 11 is 3.47. The summed E-state index contributed by atoms with van der Waals surface area (Å²) in [4.78, 5) is 4.53. The lowest BCUT2D eigenvalue weighted by atomic mass is 10.0. The molecule has 1 fully saturated rings. The van der Waals surface area contributed by atoms with Crippen molar-refractivity contribution in [3.05, 3.63) is 34.1 Å². The molecule has 1 atom stereocenters. The summed E-state index contributed by atoms with van der Waals surface area (Å²) in [6.45, 7) is 3.19. The third kappa shape index (κ3) is 3.71. The molecule has 0 aliphatic carbocycles. The quantitative estimate of drug-likeness (QED) is 0.909. The second-order valence-corrected chi connectivity index (χ2v) is 6.57. The van der Waals surface area contributed by atoms with Crippen molar-refractivity contribution in [2.24, 2.45) is 0 Å². The Kier molecular flexibility index (Phi) is 4.70. The molecule has 0 saturated carbocycles. The molecule has 0 radical (unpaired) electrons. The molecule has 1 aromatic heterocycles. The second kappa shape index (κ2) is 6.71. The van der Waals surface area contributed by atoms with Crippen molar-refractivity contribution in [2.45, 2.75) is 45.1 Å². The van der Waals surface area contributed by atoms with E-state index in [1.54, 1.807) is 0 Å². The molecular weight excluding hydrogens is 330 g/mol. The zero-order valence-corrected chi connectivity index (χ0v) is 13.8. The van der Waals surface area contributed by atoms with Gasteiger partial charge in [0.15, 0.2) is 0 Å². The summed E-state index contributed by atoms with van der Waals surface area (Å²) in [7, 11) is 0. The Morgan fingerprint density at radius 3 is 3.05 bits per heavy atom. The number of nitrogens with zero attached hydrogens (tertiary/aromatic N) is 2. The van der Waals surface area contributed by atoms with Crippen LogP contribution in [0.5, 0.6) is 0 Å². The van der Waals surface area contributed by atoms with Gasteiger partial charge < -0.3 is 9.84 Å². The molecule has 1 aromatic carbocycles. The SMILES string of the molecule is Cc1cc(Br)ccc1-c1noc(CCC2CCCCN2)n1. The van der Waals surface area contributed by atoms with E-state index in [0.717, 1.165) is 40.9 Å². The third-order valence-corrected chi connectivity index (χ3v) is 4.51. The number of nitrogens with one attached hydrogen (secondary N) is 1. The van der Waals surface area contributed by atoms with Gasteiger partial charge in [0.1, 0.15) is 0 Å². The van der Waals surface area contributed by atoms with Gasteiger partial charge in [-0.1, -0.05) is 27.5 Å². The van der Waals surface area contributed by atoms with Crippen molar-refractivity contribution >= 4 is 15.9 Å². The molecular formula is C16H20BrN3O. The van der Waals surface area contributed by atoms with Crippen molar-refractivity contribution in [1.29, 1.82) is 0 Å². The lowest BCUT2D eigenvalue weighted by Crippen LogP contribution is -2.34. The zero-order valence-electron chi connectivity index (χ0n) is 12.2. The van der Waals surface area contributed by atoms with E-state index in [-0.39, 0.29) is 0 Å². The number of piperidine rings is 1. The van der Waals surface area contributed by atoms with Gasteiger partial charge in [-0.3, -0.25) is 0 Å². The Hall–Kier alpha value is -1.20. The van der Waals surface area contributed by atoms with E-state index < -0.39 is 0 Å². The molecule has 112 valence electrons. The second-order valence-electron chi connectivity index (χ2n) is 5.66. The van der Waals surface area contributed by atoms with E-state index in [9.17, 15) is 0 Å². The summed E-state index contributed by atoms with van der Waals surface area (Å²) in [5.41, 5.74) is 2.18. The summed E-state index contributed by atoms with van der Waals surface area (Å²) in [6.07, 6.45) is 5.79. The molecule has 21 heavy (non-hydrogen) atoms. The lowest BCUT2D eigenvalue weighted by Gasteiger charge is -2.22. The van der Waals surface area contributed by atoms with Crippen LogP contribution in [0.15, 0.2) is 27.2 Å². The number of hydrogen-bond donors (Lipinski definition) is 1. The predicted octanol–water partition coefficient (Wildman–Crippen LogP) is 3.88. The molecule has 1 saturated heterocycles. The highest BCUT2D eigenvalue weighted by Crippen LogP contribution is 2.24. The molecule has 0 amide bonds. The van der Waals surface area contributed by atoms with Crippen LogP contribution in [0.3, 0.4) is 0 Å². The molecule has 1 unspecified atom stereocenters. The monoisotopic (exact) mass is 349 g/mol. The molecule has 2 aromatic rings. The van der Waals surface area contributed by atoms with Gasteiger partial charge in [0.05, 0.1) is 0 Å². The first kappa shape index (κ1) is 14.7. The lowest BCUT2D eigenvalue weighted by molar-refractivity contribution is 0.342. The van der Waals surface area contributed by atoms with Crippen molar-refractivity contribution in [2.75, 3.05) is 6.54 Å². The van der Waals surface area contributed by atoms with E-state index in [0.29, 0.717) is 11.9 Å². The fraction of sp³-hybridized carbons (Fsp3) is 0.500. The van der Waals surface area contributed by atoms with Gasteiger partial charge in [0.2, 0.25) is 11.7 Å². The van der Waals surface area contributed by atoms with Gasteiger partial charge in [0.25, 0.3) is 0 Å². The maximum absolute atomic E-state index is 5.39. The van der Waals surface area contributed by atoms with Crippen LogP contribution in [0, 0.1) is 6.92 Å². The summed E-state index contributed by atoms with van der Waals surface area (Å²) in [6, 6.07) is 6.70. The van der Waals surface area contributed by atoms with E-state index in [1.807, 2.05) is 12.1 Å². The molecule has 3 rings (SSSR count). The maximum Gasteiger partial charge on any atom is 0.227 e. The number of benzene rings is 1. The molecule has 2 heterocycles. The molecule has 0 bridgehead atoms. The van der Waals surface area contributed by atoms with Crippen LogP contribution in [-0.4, -0.2) is 22.7 Å². The largest absolute Gasteiger partial charge is 0.339 e. The van der Waals surface area contributed by atoms with Crippen LogP contribution < -0.4 is 5.32 Å². The maximum atomic E-state index is 5.39. The fourth-order valence-corrected chi connectivity index (χ4v) is 3.29. The molecule has 1 N–H and O–H groups in total. The van der Waals surface area contributed by atoms with Gasteiger partial charge in [-0.15, -0.1) is 0 Å². The van der Waals surface area contributed by atoms with Crippen LogP contribution in [0.4, 0.5) is 0 Å². The average Bonchev–Trinajstić information content (AvgIpc) is 2.95. The normalized spacial score (nSPS) is 18.9. The third-order valence-electron chi connectivity index (χ3n) is 4.02. The van der Waals surface area contributed by atoms with Gasteiger partial charge in [-0.2, -0.15) is 4.98 Å². The number of rotatable bonds is 4. The summed E-state index contributed by atoms with van der Waals surface area (Å²) in [5, 5.41) is 7.67. The van der Waals surface area contributed by atoms with Gasteiger partial charge >= 0.3 is 0 Å². The van der Waals surface area contributed by atoms with Crippen LogP contribution in [0.25, 0.3) is 11.4 Å². The first-order valence-corrected chi connectivity index (χ1v) is 8.34. The molecule has 0 spiro atoms. The number of aromatic nitrogens is 2. The summed E-state index contributed by atoms with van der Waals surface area (Å²) < 4.78 is 6.46. The highest BCUT2D eigenvalue weighted by atomic mass is 79.9. The van der Waals surface area contributed by atoms with E-state index in [1.165, 1.54) is 19.3 Å². The number of aryl methyl sites for hydroxylation is 2. The minimum Gasteiger partial charge on any atom is -0.339 e. The Balaban J connectivity index is 1.65. The Labute approximate surface area is 133 Å². The van der Waals surface area contributed by atoms with E-state index in [2.05, 4.69) is 44.4 Å². The minimum atomic E-state index is 0.600. The number of hydrogen-bond acceptors (Lipinski definition) is 4. The van der Waals surface area contributed by atoms with Crippen LogP contribution >= 0.6 is 15.9 Å². The standard InChI is InChI=1S/C16H20BrN3O/c1-11-10-12(17)5-7-14(11)16-19-15(21-20-16)8-6-13-4-2-3-9-18-13/h5,7,10,13,18H,2-4,6,8-9H2,1H3. The van der Waals surface area contributed by atoms with Gasteiger partial charge in [0, 0.05) is 22.5 Å². The van der Waals surface area contributed by atoms with Crippen LogP contribution in [0.1, 0.15) is 37.1 Å². The fourth-order valence-electron chi connectivity index (χ4n) is 2.81. The van der Waals surface area contributed by atoms with Crippen LogP contribution in [0.2, 0.25) is 0 Å². The molecule has 4 nitrogen and oxygen atoms in total. The highest BCUT2D eigenvalue weighted by molar-refractivity contribution is 9.10. The van der Waals surface area contributed by atoms with Gasteiger partial charge in [-0.05, 0) is 56.5 Å².